The zero-order valence-electron chi connectivity index (χ0n) is 14.6. The molecule has 0 aliphatic heterocycles. The van der Waals surface area contributed by atoms with Crippen molar-refractivity contribution in [1.29, 1.82) is 0 Å². The molecule has 3 aromatic carbocycles. The monoisotopic (exact) mass is 389 g/mol. The standard InChI is InChI=1S/C21H18ClF2NO2/c1-26-20-7-2-4-14(12-25-16-10-8-15(23)9-11-16)21(20)27-13-17-18(22)5-3-6-19(17)24/h2-11,25H,12-13H2,1H3. The van der Waals surface area contributed by atoms with E-state index in [4.69, 9.17) is 21.1 Å². The predicted octanol–water partition coefficient (Wildman–Crippen LogP) is 5.82. The number of methoxy groups -OCH3 is 1. The smallest absolute Gasteiger partial charge is 0.166 e. The summed E-state index contributed by atoms with van der Waals surface area (Å²) >= 11 is 6.07. The van der Waals surface area contributed by atoms with Gasteiger partial charge in [0.2, 0.25) is 0 Å². The first-order valence-corrected chi connectivity index (χ1v) is 8.67. The summed E-state index contributed by atoms with van der Waals surface area (Å²) in [5.74, 6) is 0.297. The molecule has 3 aromatic rings. The van der Waals surface area contributed by atoms with E-state index in [1.54, 1.807) is 30.3 Å². The number of rotatable bonds is 7. The van der Waals surface area contributed by atoms with Crippen LogP contribution in [0.5, 0.6) is 11.5 Å². The zero-order chi connectivity index (χ0) is 19.2. The van der Waals surface area contributed by atoms with Gasteiger partial charge in [-0.3, -0.25) is 0 Å². The van der Waals surface area contributed by atoms with E-state index in [1.165, 1.54) is 25.3 Å². The Morgan fingerprint density at radius 1 is 0.963 bits per heavy atom. The second kappa shape index (κ2) is 8.73. The Hall–Kier alpha value is -2.79. The second-order valence-corrected chi connectivity index (χ2v) is 6.21. The molecule has 140 valence electrons. The number of nitrogens with one attached hydrogen (secondary N) is 1. The van der Waals surface area contributed by atoms with E-state index in [-0.39, 0.29) is 18.0 Å². The van der Waals surface area contributed by atoms with Crippen molar-refractivity contribution in [2.45, 2.75) is 13.2 Å². The number of halogens is 3. The van der Waals surface area contributed by atoms with Crippen molar-refractivity contribution in [2.75, 3.05) is 12.4 Å². The first-order chi connectivity index (χ1) is 13.1. The summed E-state index contributed by atoms with van der Waals surface area (Å²) < 4.78 is 38.3. The van der Waals surface area contributed by atoms with Crippen LogP contribution in [0.25, 0.3) is 0 Å². The summed E-state index contributed by atoms with van der Waals surface area (Å²) in [5, 5.41) is 3.50. The van der Waals surface area contributed by atoms with Gasteiger partial charge in [-0.1, -0.05) is 29.8 Å². The Morgan fingerprint density at radius 3 is 2.41 bits per heavy atom. The van der Waals surface area contributed by atoms with Gasteiger partial charge in [0, 0.05) is 23.4 Å². The van der Waals surface area contributed by atoms with Crippen LogP contribution in [0.1, 0.15) is 11.1 Å². The largest absolute Gasteiger partial charge is 0.493 e. The number of hydrogen-bond acceptors (Lipinski definition) is 3. The number of hydrogen-bond donors (Lipinski definition) is 1. The molecule has 0 heterocycles. The minimum Gasteiger partial charge on any atom is -0.493 e. The van der Waals surface area contributed by atoms with Gasteiger partial charge in [0.05, 0.1) is 12.1 Å². The molecular formula is C21H18ClF2NO2. The van der Waals surface area contributed by atoms with Gasteiger partial charge in [0.25, 0.3) is 0 Å². The molecule has 3 nitrogen and oxygen atoms in total. The van der Waals surface area contributed by atoms with E-state index in [2.05, 4.69) is 5.32 Å². The van der Waals surface area contributed by atoms with Gasteiger partial charge in [0.15, 0.2) is 11.5 Å². The third-order valence-corrected chi connectivity index (χ3v) is 4.38. The minimum absolute atomic E-state index is 0.0323. The van der Waals surface area contributed by atoms with Crippen LogP contribution in [0.15, 0.2) is 60.7 Å². The normalized spacial score (nSPS) is 10.5. The lowest BCUT2D eigenvalue weighted by Gasteiger charge is -2.16. The number of para-hydroxylation sites is 1. The first kappa shape index (κ1) is 19.0. The maximum Gasteiger partial charge on any atom is 0.166 e. The lowest BCUT2D eigenvalue weighted by molar-refractivity contribution is 0.277. The van der Waals surface area contributed by atoms with E-state index < -0.39 is 5.82 Å². The summed E-state index contributed by atoms with van der Waals surface area (Å²) in [4.78, 5) is 0. The lowest BCUT2D eigenvalue weighted by atomic mass is 10.1. The number of ether oxygens (including phenoxy) is 2. The Bertz CT molecular complexity index is 896. The van der Waals surface area contributed by atoms with Crippen LogP contribution in [0.2, 0.25) is 5.02 Å². The topological polar surface area (TPSA) is 30.5 Å². The van der Waals surface area contributed by atoms with Gasteiger partial charge >= 0.3 is 0 Å². The van der Waals surface area contributed by atoms with Crippen LogP contribution in [0, 0.1) is 11.6 Å². The van der Waals surface area contributed by atoms with Crippen LogP contribution in [-0.2, 0) is 13.2 Å². The molecule has 0 saturated heterocycles. The maximum atomic E-state index is 14.0. The molecular weight excluding hydrogens is 372 g/mol. The Labute approximate surface area is 161 Å². The fourth-order valence-electron chi connectivity index (χ4n) is 2.60. The first-order valence-electron chi connectivity index (χ1n) is 8.29. The van der Waals surface area contributed by atoms with Crippen molar-refractivity contribution in [1.82, 2.24) is 0 Å². The van der Waals surface area contributed by atoms with Crippen LogP contribution in [0.4, 0.5) is 14.5 Å². The van der Waals surface area contributed by atoms with Gasteiger partial charge in [-0.25, -0.2) is 8.78 Å². The number of anilines is 1. The molecule has 6 heteroatoms. The van der Waals surface area contributed by atoms with Gasteiger partial charge in [-0.2, -0.15) is 0 Å². The van der Waals surface area contributed by atoms with Crippen molar-refractivity contribution < 1.29 is 18.3 Å². The molecule has 0 aromatic heterocycles. The fraction of sp³-hybridized carbons (Fsp3) is 0.143. The summed E-state index contributed by atoms with van der Waals surface area (Å²) in [6.07, 6.45) is 0. The van der Waals surface area contributed by atoms with Crippen molar-refractivity contribution in [2.24, 2.45) is 0 Å². The third-order valence-electron chi connectivity index (χ3n) is 4.03. The van der Waals surface area contributed by atoms with E-state index in [0.717, 1.165) is 11.3 Å². The highest BCUT2D eigenvalue weighted by molar-refractivity contribution is 6.31. The maximum absolute atomic E-state index is 14.0. The zero-order valence-corrected chi connectivity index (χ0v) is 15.4. The lowest BCUT2D eigenvalue weighted by Crippen LogP contribution is -2.06. The SMILES string of the molecule is COc1cccc(CNc2ccc(F)cc2)c1OCc1c(F)cccc1Cl. The van der Waals surface area contributed by atoms with Crippen molar-refractivity contribution in [3.8, 4) is 11.5 Å². The van der Waals surface area contributed by atoms with E-state index in [9.17, 15) is 8.78 Å². The van der Waals surface area contributed by atoms with Crippen LogP contribution >= 0.6 is 11.6 Å². The molecule has 0 radical (unpaired) electrons. The minimum atomic E-state index is -0.427. The highest BCUT2D eigenvalue weighted by atomic mass is 35.5. The van der Waals surface area contributed by atoms with Gasteiger partial charge in [-0.15, -0.1) is 0 Å². The van der Waals surface area contributed by atoms with Crippen LogP contribution in [-0.4, -0.2) is 7.11 Å². The molecule has 3 rings (SSSR count). The molecule has 0 fully saturated rings. The van der Waals surface area contributed by atoms with E-state index in [0.29, 0.717) is 23.1 Å². The highest BCUT2D eigenvalue weighted by Crippen LogP contribution is 2.33. The fourth-order valence-corrected chi connectivity index (χ4v) is 2.82. The summed E-state index contributed by atoms with van der Waals surface area (Å²) in [5.41, 5.74) is 1.86. The molecule has 0 saturated carbocycles. The van der Waals surface area contributed by atoms with Gasteiger partial charge in [-0.05, 0) is 42.5 Å². The highest BCUT2D eigenvalue weighted by Gasteiger charge is 2.14. The molecule has 0 amide bonds. The van der Waals surface area contributed by atoms with Crippen LogP contribution < -0.4 is 14.8 Å². The molecule has 0 bridgehead atoms. The summed E-state index contributed by atoms with van der Waals surface area (Å²) in [6.45, 7) is 0.387. The van der Waals surface area contributed by atoms with Gasteiger partial charge < -0.3 is 14.8 Å². The second-order valence-electron chi connectivity index (χ2n) is 5.80. The van der Waals surface area contributed by atoms with Crippen molar-refractivity contribution in [3.05, 3.63) is 88.4 Å². The van der Waals surface area contributed by atoms with E-state index in [1.807, 2.05) is 12.1 Å². The summed E-state index contributed by atoms with van der Waals surface area (Å²) in [7, 11) is 1.54. The molecule has 0 unspecified atom stereocenters. The molecule has 0 spiro atoms. The van der Waals surface area contributed by atoms with Crippen LogP contribution in [0.3, 0.4) is 0 Å². The molecule has 0 atom stereocenters. The molecule has 1 N–H and O–H groups in total. The quantitative estimate of drug-likeness (QED) is 0.552. The average Bonchev–Trinajstić information content (AvgIpc) is 2.67. The van der Waals surface area contributed by atoms with E-state index >= 15 is 0 Å². The molecule has 0 aliphatic rings. The third kappa shape index (κ3) is 4.68. The predicted molar refractivity (Wildman–Crippen MR) is 102 cm³/mol. The summed E-state index contributed by atoms with van der Waals surface area (Å²) in [6, 6.07) is 16.0. The molecule has 0 aliphatic carbocycles. The van der Waals surface area contributed by atoms with Crippen molar-refractivity contribution in [3.63, 3.8) is 0 Å². The van der Waals surface area contributed by atoms with Crippen molar-refractivity contribution >= 4 is 17.3 Å². The Kier molecular flexibility index (Phi) is 6.14. The average molecular weight is 390 g/mol. The Morgan fingerprint density at radius 2 is 1.70 bits per heavy atom. The Balaban J connectivity index is 1.79. The number of benzene rings is 3. The molecule has 27 heavy (non-hydrogen) atoms. The van der Waals surface area contributed by atoms with Gasteiger partial charge in [0.1, 0.15) is 18.2 Å².